The van der Waals surface area contributed by atoms with Gasteiger partial charge in [0.2, 0.25) is 11.8 Å². The number of aryl methyl sites for hydroxylation is 1. The summed E-state index contributed by atoms with van der Waals surface area (Å²) >= 11 is 6.07. The van der Waals surface area contributed by atoms with Gasteiger partial charge in [-0.05, 0) is 56.3 Å². The highest BCUT2D eigenvalue weighted by atomic mass is 35.5. The summed E-state index contributed by atoms with van der Waals surface area (Å²) < 4.78 is 5.25. The average molecular weight is 416 g/mol. The molecule has 2 aliphatic rings. The monoisotopic (exact) mass is 415 g/mol. The molecule has 3 N–H and O–H groups in total. The Kier molecular flexibility index (Phi) is 7.37. The molecule has 8 heteroatoms. The first-order valence-electron chi connectivity index (χ1n) is 9.07. The summed E-state index contributed by atoms with van der Waals surface area (Å²) in [5.41, 5.74) is 1.66. The number of benzene rings is 1. The van der Waals surface area contributed by atoms with Crippen molar-refractivity contribution in [2.24, 2.45) is 11.3 Å². The molecule has 6 nitrogen and oxygen atoms in total. The number of nitrogens with one attached hydrogen (secondary N) is 3. The molecule has 27 heavy (non-hydrogen) atoms. The lowest BCUT2D eigenvalue weighted by Crippen LogP contribution is -2.34. The van der Waals surface area contributed by atoms with Gasteiger partial charge in [0.25, 0.3) is 0 Å². The van der Waals surface area contributed by atoms with Crippen molar-refractivity contribution in [1.82, 2.24) is 10.6 Å². The van der Waals surface area contributed by atoms with E-state index in [2.05, 4.69) is 16.0 Å². The number of carbonyl (C=O) groups is 2. The van der Waals surface area contributed by atoms with E-state index in [1.54, 1.807) is 12.1 Å². The van der Waals surface area contributed by atoms with Crippen LogP contribution in [0.3, 0.4) is 0 Å². The minimum absolute atomic E-state index is 0. The maximum Gasteiger partial charge on any atom is 0.226 e. The Balaban J connectivity index is 0.00000261. The zero-order valence-corrected chi connectivity index (χ0v) is 17.3. The maximum absolute atomic E-state index is 12.3. The topological polar surface area (TPSA) is 79.5 Å². The number of piperidine rings is 1. The molecule has 2 amide bonds. The third kappa shape index (κ3) is 5.06. The molecule has 2 fully saturated rings. The number of anilines is 1. The van der Waals surface area contributed by atoms with Gasteiger partial charge in [-0.3, -0.25) is 9.59 Å². The van der Waals surface area contributed by atoms with Gasteiger partial charge in [0.05, 0.1) is 12.8 Å². The van der Waals surface area contributed by atoms with Gasteiger partial charge in [-0.25, -0.2) is 0 Å². The van der Waals surface area contributed by atoms with Crippen LogP contribution in [-0.2, 0) is 9.59 Å². The third-order valence-corrected chi connectivity index (χ3v) is 5.92. The molecular formula is C19H27Cl2N3O3. The van der Waals surface area contributed by atoms with E-state index in [1.165, 1.54) is 7.11 Å². The van der Waals surface area contributed by atoms with Crippen molar-refractivity contribution in [2.45, 2.75) is 32.6 Å². The molecule has 1 aliphatic carbocycles. The molecule has 0 aromatic heterocycles. The first kappa shape index (κ1) is 21.8. The smallest absolute Gasteiger partial charge is 0.226 e. The Labute approximate surface area is 171 Å². The van der Waals surface area contributed by atoms with E-state index in [0.29, 0.717) is 23.0 Å². The quantitative estimate of drug-likeness (QED) is 0.667. The Bertz CT molecular complexity index is 706. The summed E-state index contributed by atoms with van der Waals surface area (Å²) in [5, 5.41) is 9.65. The lowest BCUT2D eigenvalue weighted by molar-refractivity contribution is -0.123. The number of hydrogen-bond donors (Lipinski definition) is 3. The average Bonchev–Trinajstić information content (AvgIpc) is 3.31. The van der Waals surface area contributed by atoms with Crippen molar-refractivity contribution in [3.63, 3.8) is 0 Å². The van der Waals surface area contributed by atoms with Crippen molar-refractivity contribution < 1.29 is 14.3 Å². The number of rotatable bonds is 6. The summed E-state index contributed by atoms with van der Waals surface area (Å²) in [7, 11) is 1.53. The SMILES string of the molecule is COc1cc(Cl)c(C)cc1NC(=O)CCNC(=O)C1CC12CCNCC2.Cl. The predicted molar refractivity (Wildman–Crippen MR) is 109 cm³/mol. The van der Waals surface area contributed by atoms with Crippen LogP contribution >= 0.6 is 24.0 Å². The molecular weight excluding hydrogens is 389 g/mol. The molecule has 1 heterocycles. The van der Waals surface area contributed by atoms with Gasteiger partial charge in [-0.2, -0.15) is 0 Å². The summed E-state index contributed by atoms with van der Waals surface area (Å²) in [5.74, 6) is 0.549. The van der Waals surface area contributed by atoms with Crippen molar-refractivity contribution >= 4 is 41.5 Å². The van der Waals surface area contributed by atoms with Gasteiger partial charge in [-0.1, -0.05) is 11.6 Å². The minimum Gasteiger partial charge on any atom is -0.495 e. The predicted octanol–water partition coefficient (Wildman–Crippen LogP) is 2.91. The van der Waals surface area contributed by atoms with Crippen LogP contribution in [0.2, 0.25) is 5.02 Å². The first-order chi connectivity index (χ1) is 12.4. The first-order valence-corrected chi connectivity index (χ1v) is 9.45. The normalized spacial score (nSPS) is 19.7. The van der Waals surface area contributed by atoms with Crippen LogP contribution in [0.4, 0.5) is 5.69 Å². The van der Waals surface area contributed by atoms with Crippen LogP contribution in [0, 0.1) is 18.3 Å². The zero-order valence-electron chi connectivity index (χ0n) is 15.7. The molecule has 1 spiro atoms. The number of halogens is 2. The lowest BCUT2D eigenvalue weighted by Gasteiger charge is -2.23. The highest BCUT2D eigenvalue weighted by Crippen LogP contribution is 2.58. The van der Waals surface area contributed by atoms with E-state index in [0.717, 1.165) is 37.9 Å². The van der Waals surface area contributed by atoms with Crippen molar-refractivity contribution in [3.8, 4) is 5.75 Å². The van der Waals surface area contributed by atoms with E-state index in [-0.39, 0.29) is 42.0 Å². The maximum atomic E-state index is 12.3. The van der Waals surface area contributed by atoms with Crippen LogP contribution in [0.1, 0.15) is 31.2 Å². The molecule has 0 radical (unpaired) electrons. The van der Waals surface area contributed by atoms with Crippen molar-refractivity contribution in [2.75, 3.05) is 32.1 Å². The number of methoxy groups -OCH3 is 1. The number of ether oxygens (including phenoxy) is 1. The lowest BCUT2D eigenvalue weighted by atomic mass is 9.92. The number of carbonyl (C=O) groups excluding carboxylic acids is 2. The molecule has 1 aromatic rings. The second-order valence-corrected chi connectivity index (χ2v) is 7.67. The molecule has 150 valence electrons. The molecule has 1 unspecified atom stereocenters. The van der Waals surface area contributed by atoms with Crippen LogP contribution in [0.15, 0.2) is 12.1 Å². The summed E-state index contributed by atoms with van der Waals surface area (Å²) in [4.78, 5) is 24.5. The Morgan fingerprint density at radius 1 is 1.33 bits per heavy atom. The highest BCUT2D eigenvalue weighted by Gasteiger charge is 2.57. The van der Waals surface area contributed by atoms with E-state index in [1.807, 2.05) is 6.92 Å². The molecule has 1 saturated carbocycles. The van der Waals surface area contributed by atoms with Crippen LogP contribution in [-0.4, -0.2) is 38.6 Å². The fourth-order valence-electron chi connectivity index (χ4n) is 3.76. The van der Waals surface area contributed by atoms with E-state index in [9.17, 15) is 9.59 Å². The van der Waals surface area contributed by atoms with Gasteiger partial charge in [0.15, 0.2) is 0 Å². The van der Waals surface area contributed by atoms with Gasteiger partial charge in [0.1, 0.15) is 5.75 Å². The Morgan fingerprint density at radius 2 is 2.04 bits per heavy atom. The second kappa shape index (κ2) is 9.13. The molecule has 3 rings (SSSR count). The van der Waals surface area contributed by atoms with Gasteiger partial charge in [-0.15, -0.1) is 12.4 Å². The summed E-state index contributed by atoms with van der Waals surface area (Å²) in [6.45, 7) is 4.19. The molecule has 1 atom stereocenters. The van der Waals surface area contributed by atoms with Crippen molar-refractivity contribution in [3.05, 3.63) is 22.7 Å². The Hall–Kier alpha value is -1.50. The van der Waals surface area contributed by atoms with Crippen LogP contribution < -0.4 is 20.7 Å². The van der Waals surface area contributed by atoms with Crippen molar-refractivity contribution in [1.29, 1.82) is 0 Å². The fourth-order valence-corrected chi connectivity index (χ4v) is 3.91. The number of amides is 2. The zero-order chi connectivity index (χ0) is 18.7. The third-order valence-electron chi connectivity index (χ3n) is 5.51. The molecule has 0 bridgehead atoms. The number of hydrogen-bond acceptors (Lipinski definition) is 4. The molecule has 1 aliphatic heterocycles. The summed E-state index contributed by atoms with van der Waals surface area (Å²) in [6, 6.07) is 3.46. The molecule has 1 aromatic carbocycles. The van der Waals surface area contributed by atoms with E-state index >= 15 is 0 Å². The highest BCUT2D eigenvalue weighted by molar-refractivity contribution is 6.31. The van der Waals surface area contributed by atoms with Gasteiger partial charge < -0.3 is 20.7 Å². The fraction of sp³-hybridized carbons (Fsp3) is 0.579. The summed E-state index contributed by atoms with van der Waals surface area (Å²) in [6.07, 6.45) is 3.34. The largest absolute Gasteiger partial charge is 0.495 e. The van der Waals surface area contributed by atoms with Crippen LogP contribution in [0.25, 0.3) is 0 Å². The van der Waals surface area contributed by atoms with Gasteiger partial charge in [0, 0.05) is 30.0 Å². The van der Waals surface area contributed by atoms with E-state index in [4.69, 9.17) is 16.3 Å². The molecule has 1 saturated heterocycles. The van der Waals surface area contributed by atoms with Crippen LogP contribution in [0.5, 0.6) is 5.75 Å². The standard InChI is InChI=1S/C19H26ClN3O3.ClH/c1-12-9-15(16(26-2)10-14(12)20)23-17(24)3-6-22-18(25)13-11-19(13)4-7-21-8-5-19;/h9-10,13,21H,3-8,11H2,1-2H3,(H,22,25)(H,23,24);1H. The van der Waals surface area contributed by atoms with Gasteiger partial charge >= 0.3 is 0 Å². The second-order valence-electron chi connectivity index (χ2n) is 7.26. The minimum atomic E-state index is -0.169. The Morgan fingerprint density at radius 3 is 2.70 bits per heavy atom. The van der Waals surface area contributed by atoms with E-state index < -0.39 is 0 Å².